The average molecular weight is 390 g/mol. The Bertz CT molecular complexity index is 1090. The zero-order chi connectivity index (χ0) is 20.5. The monoisotopic (exact) mass is 390 g/mol. The number of fused-ring (bicyclic) bond motifs is 1. The van der Waals surface area contributed by atoms with Gasteiger partial charge in [0, 0.05) is 31.2 Å². The summed E-state index contributed by atoms with van der Waals surface area (Å²) in [7, 11) is 2.85. The molecule has 0 radical (unpaired) electrons. The molecule has 1 N–H and O–H groups in total. The lowest BCUT2D eigenvalue weighted by Crippen LogP contribution is -2.31. The number of benzene rings is 2. The molecule has 2 aromatic carbocycles. The van der Waals surface area contributed by atoms with Crippen LogP contribution in [0.3, 0.4) is 0 Å². The minimum absolute atomic E-state index is 0.0483. The summed E-state index contributed by atoms with van der Waals surface area (Å²) in [6, 6.07) is 9.77. The summed E-state index contributed by atoms with van der Waals surface area (Å²) in [5.41, 5.74) is -1.02. The number of carbonyl (C=O) groups is 1. The fraction of sp³-hybridized carbons (Fsp3) is 0.200. The number of halogens is 3. The molecule has 0 saturated heterocycles. The Morgan fingerprint density at radius 3 is 2.57 bits per heavy atom. The highest BCUT2D eigenvalue weighted by molar-refractivity contribution is 5.97. The molecule has 0 saturated carbocycles. The van der Waals surface area contributed by atoms with Crippen molar-refractivity contribution in [2.75, 3.05) is 14.2 Å². The van der Waals surface area contributed by atoms with Gasteiger partial charge in [0.05, 0.1) is 18.2 Å². The second-order valence-corrected chi connectivity index (χ2v) is 6.26. The van der Waals surface area contributed by atoms with Gasteiger partial charge in [-0.15, -0.1) is 0 Å². The molecule has 0 aliphatic carbocycles. The zero-order valence-electron chi connectivity index (χ0n) is 15.1. The molecule has 0 aliphatic rings. The van der Waals surface area contributed by atoms with E-state index in [4.69, 9.17) is 4.74 Å². The molecule has 28 heavy (non-hydrogen) atoms. The van der Waals surface area contributed by atoms with Gasteiger partial charge < -0.3 is 14.6 Å². The molecule has 1 aromatic heterocycles. The Hall–Kier alpha value is -3.29. The average Bonchev–Trinajstić information content (AvgIpc) is 2.67. The van der Waals surface area contributed by atoms with Crippen molar-refractivity contribution in [3.05, 3.63) is 75.6 Å². The first-order valence-corrected chi connectivity index (χ1v) is 8.32. The van der Waals surface area contributed by atoms with Crippen LogP contribution in [0.5, 0.6) is 5.75 Å². The van der Waals surface area contributed by atoms with Crippen LogP contribution in [-0.2, 0) is 12.7 Å². The Balaban J connectivity index is 1.93. The number of ether oxygens (including phenoxy) is 1. The lowest BCUT2D eigenvalue weighted by Gasteiger charge is -2.20. The minimum Gasteiger partial charge on any atom is -0.497 e. The van der Waals surface area contributed by atoms with Crippen LogP contribution in [0.4, 0.5) is 13.2 Å². The number of carbonyl (C=O) groups excluding carboxylic acids is 1. The first-order chi connectivity index (χ1) is 13.2. The smallest absolute Gasteiger partial charge is 0.416 e. The zero-order valence-corrected chi connectivity index (χ0v) is 15.1. The topological polar surface area (TPSA) is 62.4 Å². The number of aromatic nitrogens is 1. The van der Waals surface area contributed by atoms with Gasteiger partial charge >= 0.3 is 6.18 Å². The predicted molar refractivity (Wildman–Crippen MR) is 98.4 cm³/mol. The number of pyridine rings is 1. The third-order valence-corrected chi connectivity index (χ3v) is 4.40. The maximum absolute atomic E-state index is 13.2. The molecule has 0 fully saturated rings. The number of aromatic amines is 1. The lowest BCUT2D eigenvalue weighted by molar-refractivity contribution is -0.138. The van der Waals surface area contributed by atoms with E-state index in [1.807, 2.05) is 0 Å². The van der Waals surface area contributed by atoms with Crippen molar-refractivity contribution in [1.29, 1.82) is 0 Å². The lowest BCUT2D eigenvalue weighted by atomic mass is 10.1. The highest BCUT2D eigenvalue weighted by Gasteiger charge is 2.33. The molecule has 5 nitrogen and oxygen atoms in total. The first-order valence-electron chi connectivity index (χ1n) is 8.32. The summed E-state index contributed by atoms with van der Waals surface area (Å²) in [6.07, 6.45) is -3.27. The van der Waals surface area contributed by atoms with Crippen LogP contribution in [0.25, 0.3) is 10.9 Å². The number of rotatable bonds is 4. The van der Waals surface area contributed by atoms with E-state index in [0.29, 0.717) is 11.3 Å². The molecule has 8 heteroatoms. The maximum Gasteiger partial charge on any atom is 0.416 e. The van der Waals surface area contributed by atoms with Crippen LogP contribution in [0.2, 0.25) is 0 Å². The highest BCUT2D eigenvalue weighted by atomic mass is 19.4. The minimum atomic E-state index is -4.53. The van der Waals surface area contributed by atoms with Crippen molar-refractivity contribution in [2.24, 2.45) is 0 Å². The number of amides is 1. The van der Waals surface area contributed by atoms with Gasteiger partial charge in [-0.2, -0.15) is 13.2 Å². The molecule has 1 heterocycles. The molecular weight excluding hydrogens is 373 g/mol. The number of hydrogen-bond acceptors (Lipinski definition) is 3. The van der Waals surface area contributed by atoms with Crippen molar-refractivity contribution in [1.82, 2.24) is 9.88 Å². The van der Waals surface area contributed by atoms with E-state index >= 15 is 0 Å². The van der Waals surface area contributed by atoms with E-state index < -0.39 is 23.1 Å². The summed E-state index contributed by atoms with van der Waals surface area (Å²) >= 11 is 0. The fourth-order valence-electron chi connectivity index (χ4n) is 2.95. The van der Waals surface area contributed by atoms with E-state index in [2.05, 4.69) is 4.98 Å². The molecule has 0 atom stereocenters. The largest absolute Gasteiger partial charge is 0.497 e. The molecule has 3 rings (SSSR count). The van der Waals surface area contributed by atoms with Gasteiger partial charge in [-0.05, 0) is 23.8 Å². The predicted octanol–water partition coefficient (Wildman–Crippen LogP) is 3.83. The van der Waals surface area contributed by atoms with Crippen molar-refractivity contribution < 1.29 is 22.7 Å². The van der Waals surface area contributed by atoms with Crippen LogP contribution in [-0.4, -0.2) is 29.9 Å². The van der Waals surface area contributed by atoms with Gasteiger partial charge in [-0.1, -0.05) is 18.2 Å². The molecule has 3 aromatic rings. The van der Waals surface area contributed by atoms with Crippen molar-refractivity contribution in [3.8, 4) is 5.75 Å². The summed E-state index contributed by atoms with van der Waals surface area (Å²) in [5.74, 6) is -0.126. The van der Waals surface area contributed by atoms with Crippen LogP contribution < -0.4 is 10.2 Å². The third-order valence-electron chi connectivity index (χ3n) is 4.40. The van der Waals surface area contributed by atoms with Crippen molar-refractivity contribution in [3.63, 3.8) is 0 Å². The van der Waals surface area contributed by atoms with Gasteiger partial charge in [0.2, 0.25) is 5.43 Å². The molecule has 0 spiro atoms. The van der Waals surface area contributed by atoms with Crippen LogP contribution in [0, 0.1) is 0 Å². The van der Waals surface area contributed by atoms with E-state index in [0.717, 1.165) is 11.0 Å². The van der Waals surface area contributed by atoms with Gasteiger partial charge in [0.1, 0.15) is 11.3 Å². The number of methoxy groups -OCH3 is 1. The number of H-pyrrole nitrogens is 1. The van der Waals surface area contributed by atoms with Gasteiger partial charge in [0.15, 0.2) is 0 Å². The van der Waals surface area contributed by atoms with E-state index in [9.17, 15) is 22.8 Å². The SMILES string of the molecule is COc1ccc2c(=O)c(C(=O)N(C)Cc3ccccc3C(F)(F)F)c[nH]c2c1. The quantitative estimate of drug-likeness (QED) is 0.737. The van der Waals surface area contributed by atoms with E-state index in [-0.39, 0.29) is 23.1 Å². The summed E-state index contributed by atoms with van der Waals surface area (Å²) in [6.45, 7) is -0.283. The number of nitrogens with one attached hydrogen (secondary N) is 1. The van der Waals surface area contributed by atoms with E-state index in [1.54, 1.807) is 12.1 Å². The van der Waals surface area contributed by atoms with Crippen LogP contribution in [0.15, 0.2) is 53.5 Å². The second kappa shape index (κ2) is 7.38. The van der Waals surface area contributed by atoms with Crippen LogP contribution >= 0.6 is 0 Å². The Kier molecular flexibility index (Phi) is 5.13. The summed E-state index contributed by atoms with van der Waals surface area (Å²) in [4.78, 5) is 29.3. The Morgan fingerprint density at radius 2 is 1.89 bits per heavy atom. The van der Waals surface area contributed by atoms with Gasteiger partial charge in [-0.25, -0.2) is 0 Å². The second-order valence-electron chi connectivity index (χ2n) is 6.26. The number of hydrogen-bond donors (Lipinski definition) is 1. The normalized spacial score (nSPS) is 11.5. The summed E-state index contributed by atoms with van der Waals surface area (Å²) < 4.78 is 44.6. The standard InChI is InChI=1S/C20H17F3N2O3/c1-25(11-12-5-3-4-6-16(12)20(21,22)23)19(27)15-10-24-17-9-13(28-2)7-8-14(17)18(15)26/h3-10H,11H2,1-2H3,(H,24,26). The number of alkyl halides is 3. The Labute approximate surface area is 158 Å². The first kappa shape index (κ1) is 19.5. The van der Waals surface area contributed by atoms with Crippen molar-refractivity contribution in [2.45, 2.75) is 12.7 Å². The van der Waals surface area contributed by atoms with Crippen molar-refractivity contribution >= 4 is 16.8 Å². The number of nitrogens with zero attached hydrogens (tertiary/aromatic N) is 1. The molecule has 0 aliphatic heterocycles. The molecule has 0 unspecified atom stereocenters. The van der Waals surface area contributed by atoms with Gasteiger partial charge in [0.25, 0.3) is 5.91 Å². The maximum atomic E-state index is 13.2. The van der Waals surface area contributed by atoms with E-state index in [1.165, 1.54) is 44.6 Å². The third kappa shape index (κ3) is 3.71. The highest BCUT2D eigenvalue weighted by Crippen LogP contribution is 2.32. The Morgan fingerprint density at radius 1 is 1.18 bits per heavy atom. The molecule has 1 amide bonds. The molecule has 0 bridgehead atoms. The van der Waals surface area contributed by atoms with Crippen LogP contribution in [0.1, 0.15) is 21.5 Å². The van der Waals surface area contributed by atoms with Gasteiger partial charge in [-0.3, -0.25) is 9.59 Å². The molecule has 146 valence electrons. The summed E-state index contributed by atoms with van der Waals surface area (Å²) in [5, 5.41) is 0.288. The molecular formula is C20H17F3N2O3. The fourth-order valence-corrected chi connectivity index (χ4v) is 2.95.